The molecular weight excluding hydrogens is 334 g/mol. The Kier molecular flexibility index (Phi) is 19.3. The van der Waals surface area contributed by atoms with Crippen molar-refractivity contribution in [3.8, 4) is 0 Å². The SMILES string of the molecule is CCCCCCCCCCCCCCC/C=C/[C@H](O)[C@H](C)NC(=O)CCC. The fraction of sp³-hybridized carbons (Fsp3) is 0.875. The van der Waals surface area contributed by atoms with Gasteiger partial charge in [0.1, 0.15) is 0 Å². The van der Waals surface area contributed by atoms with Gasteiger partial charge in [0.2, 0.25) is 5.91 Å². The summed E-state index contributed by atoms with van der Waals surface area (Å²) >= 11 is 0. The highest BCUT2D eigenvalue weighted by molar-refractivity contribution is 5.76. The summed E-state index contributed by atoms with van der Waals surface area (Å²) in [5.41, 5.74) is 0. The second-order valence-corrected chi connectivity index (χ2v) is 8.06. The van der Waals surface area contributed by atoms with Crippen LogP contribution in [-0.2, 0) is 4.79 Å². The van der Waals surface area contributed by atoms with Gasteiger partial charge in [0, 0.05) is 6.42 Å². The maximum absolute atomic E-state index is 11.5. The molecule has 0 aromatic heterocycles. The van der Waals surface area contributed by atoms with E-state index in [1.54, 1.807) is 0 Å². The highest BCUT2D eigenvalue weighted by Gasteiger charge is 2.12. The van der Waals surface area contributed by atoms with Gasteiger partial charge in [-0.05, 0) is 26.2 Å². The fourth-order valence-corrected chi connectivity index (χ4v) is 3.32. The summed E-state index contributed by atoms with van der Waals surface area (Å²) in [5, 5.41) is 12.9. The third kappa shape index (κ3) is 18.3. The van der Waals surface area contributed by atoms with E-state index in [9.17, 15) is 9.90 Å². The first kappa shape index (κ1) is 26.2. The molecule has 0 aliphatic heterocycles. The highest BCUT2D eigenvalue weighted by atomic mass is 16.3. The molecule has 27 heavy (non-hydrogen) atoms. The molecule has 0 radical (unpaired) electrons. The Balaban J connectivity index is 3.40. The maximum atomic E-state index is 11.5. The van der Waals surface area contributed by atoms with Gasteiger partial charge in [0.25, 0.3) is 0 Å². The molecule has 0 spiro atoms. The number of rotatable bonds is 19. The van der Waals surface area contributed by atoms with Crippen LogP contribution in [0.2, 0.25) is 0 Å². The summed E-state index contributed by atoms with van der Waals surface area (Å²) in [6, 6.07) is -0.216. The van der Waals surface area contributed by atoms with E-state index in [0.29, 0.717) is 6.42 Å². The summed E-state index contributed by atoms with van der Waals surface area (Å²) in [4.78, 5) is 11.5. The smallest absolute Gasteiger partial charge is 0.220 e. The van der Waals surface area contributed by atoms with Crippen LogP contribution >= 0.6 is 0 Å². The second-order valence-electron chi connectivity index (χ2n) is 8.06. The molecule has 160 valence electrons. The van der Waals surface area contributed by atoms with Gasteiger partial charge in [-0.15, -0.1) is 0 Å². The number of aliphatic hydroxyl groups excluding tert-OH is 1. The molecule has 2 N–H and O–H groups in total. The number of carbonyl (C=O) groups excluding carboxylic acids is 1. The van der Waals surface area contributed by atoms with E-state index in [-0.39, 0.29) is 11.9 Å². The Morgan fingerprint density at radius 1 is 0.815 bits per heavy atom. The topological polar surface area (TPSA) is 49.3 Å². The van der Waals surface area contributed by atoms with Crippen LogP contribution in [0.1, 0.15) is 124 Å². The van der Waals surface area contributed by atoms with E-state index in [1.807, 2.05) is 19.9 Å². The monoisotopic (exact) mass is 381 g/mol. The highest BCUT2D eigenvalue weighted by Crippen LogP contribution is 2.13. The molecule has 0 bridgehead atoms. The minimum absolute atomic E-state index is 0.0222. The molecular formula is C24H47NO2. The van der Waals surface area contributed by atoms with Crippen molar-refractivity contribution in [2.45, 2.75) is 136 Å². The van der Waals surface area contributed by atoms with Crippen LogP contribution in [0, 0.1) is 0 Å². The van der Waals surface area contributed by atoms with Crippen LogP contribution in [0.15, 0.2) is 12.2 Å². The number of allylic oxidation sites excluding steroid dienone is 1. The number of aliphatic hydroxyl groups is 1. The normalized spacial score (nSPS) is 13.8. The van der Waals surface area contributed by atoms with Crippen molar-refractivity contribution in [3.05, 3.63) is 12.2 Å². The lowest BCUT2D eigenvalue weighted by Crippen LogP contribution is -2.40. The molecule has 0 aromatic rings. The predicted octanol–water partition coefficient (Wildman–Crippen LogP) is 6.69. The molecule has 0 unspecified atom stereocenters. The zero-order valence-corrected chi connectivity index (χ0v) is 18.5. The Morgan fingerprint density at radius 2 is 1.30 bits per heavy atom. The summed E-state index contributed by atoms with van der Waals surface area (Å²) in [5.74, 6) is 0.0222. The molecule has 3 nitrogen and oxygen atoms in total. The first-order chi connectivity index (χ1) is 13.1. The average molecular weight is 382 g/mol. The van der Waals surface area contributed by atoms with E-state index in [4.69, 9.17) is 0 Å². The van der Waals surface area contributed by atoms with E-state index in [2.05, 4.69) is 18.3 Å². The van der Waals surface area contributed by atoms with Crippen molar-refractivity contribution in [1.82, 2.24) is 5.32 Å². The summed E-state index contributed by atoms with van der Waals surface area (Å²) < 4.78 is 0. The van der Waals surface area contributed by atoms with Crippen LogP contribution in [0.25, 0.3) is 0 Å². The molecule has 0 saturated carbocycles. The van der Waals surface area contributed by atoms with Crippen molar-refractivity contribution in [1.29, 1.82) is 0 Å². The van der Waals surface area contributed by atoms with Gasteiger partial charge in [0.05, 0.1) is 12.1 Å². The van der Waals surface area contributed by atoms with Crippen LogP contribution in [-0.4, -0.2) is 23.2 Å². The molecule has 3 heteroatoms. The van der Waals surface area contributed by atoms with E-state index in [0.717, 1.165) is 12.8 Å². The minimum Gasteiger partial charge on any atom is -0.387 e. The number of hydrogen-bond donors (Lipinski definition) is 2. The first-order valence-electron chi connectivity index (χ1n) is 11.8. The Morgan fingerprint density at radius 3 is 1.78 bits per heavy atom. The zero-order valence-electron chi connectivity index (χ0n) is 18.5. The van der Waals surface area contributed by atoms with E-state index in [1.165, 1.54) is 83.5 Å². The Labute approximate surface area is 169 Å². The maximum Gasteiger partial charge on any atom is 0.220 e. The van der Waals surface area contributed by atoms with Crippen molar-refractivity contribution in [3.63, 3.8) is 0 Å². The van der Waals surface area contributed by atoms with Crippen molar-refractivity contribution < 1.29 is 9.90 Å². The lowest BCUT2D eigenvalue weighted by molar-refractivity contribution is -0.122. The van der Waals surface area contributed by atoms with Gasteiger partial charge in [-0.1, -0.05) is 103 Å². The van der Waals surface area contributed by atoms with Gasteiger partial charge in [-0.3, -0.25) is 4.79 Å². The average Bonchev–Trinajstić information content (AvgIpc) is 2.64. The predicted molar refractivity (Wildman–Crippen MR) is 118 cm³/mol. The van der Waals surface area contributed by atoms with E-state index >= 15 is 0 Å². The van der Waals surface area contributed by atoms with Crippen molar-refractivity contribution >= 4 is 5.91 Å². The third-order valence-electron chi connectivity index (χ3n) is 5.19. The molecule has 0 aromatic carbocycles. The van der Waals surface area contributed by atoms with Gasteiger partial charge < -0.3 is 10.4 Å². The Hall–Kier alpha value is -0.830. The number of nitrogens with one attached hydrogen (secondary N) is 1. The van der Waals surface area contributed by atoms with Gasteiger partial charge in [0.15, 0.2) is 0 Å². The largest absolute Gasteiger partial charge is 0.387 e. The molecule has 0 heterocycles. The van der Waals surface area contributed by atoms with E-state index < -0.39 is 6.10 Å². The molecule has 0 rings (SSSR count). The number of amides is 1. The molecule has 0 fully saturated rings. The van der Waals surface area contributed by atoms with Crippen molar-refractivity contribution in [2.24, 2.45) is 0 Å². The summed E-state index contributed by atoms with van der Waals surface area (Å²) in [6.07, 6.45) is 23.5. The molecule has 1 amide bonds. The van der Waals surface area contributed by atoms with Gasteiger partial charge >= 0.3 is 0 Å². The summed E-state index contributed by atoms with van der Waals surface area (Å²) in [7, 11) is 0. The first-order valence-corrected chi connectivity index (χ1v) is 11.8. The zero-order chi connectivity index (χ0) is 20.2. The number of carbonyl (C=O) groups is 1. The fourth-order valence-electron chi connectivity index (χ4n) is 3.32. The van der Waals surface area contributed by atoms with Crippen LogP contribution in [0.5, 0.6) is 0 Å². The van der Waals surface area contributed by atoms with Gasteiger partial charge in [-0.25, -0.2) is 0 Å². The number of unbranched alkanes of at least 4 members (excludes halogenated alkanes) is 13. The molecule has 0 aliphatic carbocycles. The number of hydrogen-bond acceptors (Lipinski definition) is 2. The standard InChI is InChI=1S/C24H47NO2/c1-4-6-7-8-9-10-11-12-13-14-15-16-17-18-19-21-23(26)22(3)25-24(27)20-5-2/h19,21-23,26H,4-18,20H2,1-3H3,(H,25,27)/b21-19+/t22-,23-/m0/s1. The van der Waals surface area contributed by atoms with Crippen LogP contribution < -0.4 is 5.32 Å². The Bertz CT molecular complexity index is 354. The lowest BCUT2D eigenvalue weighted by atomic mass is 10.0. The minimum atomic E-state index is -0.590. The molecule has 0 aliphatic rings. The van der Waals surface area contributed by atoms with Gasteiger partial charge in [-0.2, -0.15) is 0 Å². The van der Waals surface area contributed by atoms with Crippen LogP contribution in [0.4, 0.5) is 0 Å². The lowest BCUT2D eigenvalue weighted by Gasteiger charge is -2.17. The van der Waals surface area contributed by atoms with Crippen LogP contribution in [0.3, 0.4) is 0 Å². The van der Waals surface area contributed by atoms with Crippen molar-refractivity contribution in [2.75, 3.05) is 0 Å². The second kappa shape index (κ2) is 19.9. The molecule has 0 saturated heterocycles. The quantitative estimate of drug-likeness (QED) is 0.193. The third-order valence-corrected chi connectivity index (χ3v) is 5.19. The summed E-state index contributed by atoms with van der Waals surface area (Å²) in [6.45, 7) is 6.11. The molecule has 2 atom stereocenters.